The van der Waals surface area contributed by atoms with Gasteiger partial charge in [-0.25, -0.2) is 18.2 Å². The third-order valence-electron chi connectivity index (χ3n) is 8.38. The van der Waals surface area contributed by atoms with Crippen LogP contribution in [0.3, 0.4) is 0 Å². The Balaban J connectivity index is 1.35. The third kappa shape index (κ3) is 10.2. The number of hydrogen-bond donors (Lipinski definition) is 1. The number of piperazine rings is 1. The largest absolute Gasteiger partial charge is 0.508 e. The van der Waals surface area contributed by atoms with Gasteiger partial charge in [-0.05, 0) is 62.8 Å². The van der Waals surface area contributed by atoms with Crippen molar-refractivity contribution in [3.8, 4) is 17.1 Å². The van der Waals surface area contributed by atoms with Crippen molar-refractivity contribution < 1.29 is 37.3 Å². The summed E-state index contributed by atoms with van der Waals surface area (Å²) in [7, 11) is -3.90. The predicted molar refractivity (Wildman–Crippen MR) is 185 cm³/mol. The minimum atomic E-state index is -3.90. The van der Waals surface area contributed by atoms with Crippen LogP contribution in [0, 0.1) is 10.1 Å². The van der Waals surface area contributed by atoms with E-state index in [1.54, 1.807) is 6.07 Å². The van der Waals surface area contributed by atoms with E-state index in [2.05, 4.69) is 16.7 Å². The van der Waals surface area contributed by atoms with Gasteiger partial charge in [0.1, 0.15) is 23.7 Å². The number of carbonyl (C=O) groups excluding carboxylic acids is 1. The highest BCUT2D eigenvalue weighted by Gasteiger charge is 2.30. The first-order chi connectivity index (χ1) is 24.1. The zero-order valence-corrected chi connectivity index (χ0v) is 29.9. The highest BCUT2D eigenvalue weighted by Crippen LogP contribution is 2.33. The molecule has 0 unspecified atom stereocenters. The molecular formula is C33H48N6O10S. The van der Waals surface area contributed by atoms with Gasteiger partial charge in [0.25, 0.3) is 10.6 Å². The van der Waals surface area contributed by atoms with E-state index < -0.39 is 21.3 Å². The Hall–Kier alpha value is -4.22. The Labute approximate surface area is 291 Å². The molecule has 0 atom stereocenters. The lowest BCUT2D eigenvalue weighted by Gasteiger charge is -2.33. The fourth-order valence-electron chi connectivity index (χ4n) is 5.79. The number of H-pyrrole nitrogens is 1. The van der Waals surface area contributed by atoms with Crippen LogP contribution in [0.1, 0.15) is 64.9 Å². The Morgan fingerprint density at radius 1 is 0.980 bits per heavy atom. The van der Waals surface area contributed by atoms with Crippen LogP contribution < -0.4 is 10.3 Å². The molecule has 0 amide bonds. The van der Waals surface area contributed by atoms with Crippen molar-refractivity contribution in [2.75, 3.05) is 59.2 Å². The maximum absolute atomic E-state index is 13.8. The Kier molecular flexibility index (Phi) is 14.4. The van der Waals surface area contributed by atoms with E-state index in [9.17, 15) is 28.1 Å². The van der Waals surface area contributed by atoms with Gasteiger partial charge >= 0.3 is 6.16 Å². The molecule has 1 aromatic carbocycles. The summed E-state index contributed by atoms with van der Waals surface area (Å²) in [6.45, 7) is 9.18. The molecule has 1 aliphatic rings. The fourth-order valence-corrected chi connectivity index (χ4v) is 7.24. The summed E-state index contributed by atoms with van der Waals surface area (Å²) in [5, 5.41) is 9.30. The maximum atomic E-state index is 13.8. The van der Waals surface area contributed by atoms with E-state index in [1.807, 2.05) is 29.5 Å². The monoisotopic (exact) mass is 720 g/mol. The molecule has 3 heterocycles. The normalized spacial score (nSPS) is 14.1. The van der Waals surface area contributed by atoms with E-state index in [-0.39, 0.29) is 49.2 Å². The van der Waals surface area contributed by atoms with Gasteiger partial charge < -0.3 is 28.6 Å². The topological polar surface area (TPSA) is 188 Å². The molecule has 0 aliphatic carbocycles. The van der Waals surface area contributed by atoms with Gasteiger partial charge in [-0.1, -0.05) is 26.7 Å². The number of nitrogens with zero attached hydrogens (tertiary/aromatic N) is 5. The van der Waals surface area contributed by atoms with E-state index in [1.165, 1.54) is 16.4 Å². The Morgan fingerprint density at radius 2 is 1.70 bits per heavy atom. The first kappa shape index (κ1) is 38.6. The highest BCUT2D eigenvalue weighted by molar-refractivity contribution is 7.89. The van der Waals surface area contributed by atoms with Crippen LogP contribution >= 0.6 is 0 Å². The molecule has 0 bridgehead atoms. The number of sulfonamides is 1. The molecule has 50 heavy (non-hydrogen) atoms. The molecule has 1 aliphatic heterocycles. The summed E-state index contributed by atoms with van der Waals surface area (Å²) < 4.78 is 47.2. The van der Waals surface area contributed by atoms with Crippen molar-refractivity contribution in [3.05, 3.63) is 50.4 Å². The number of ether oxygens (including phenoxy) is 3. The fraction of sp³-hybridized carbons (Fsp3) is 0.606. The SMILES string of the molecule is CCCOc1ccc(S(=O)(=O)N2CCN(CCOC(=O)OCCCCCCO[N+](=O)[O-])CC2)cc1-c1nc2c(CCC)cn(CC)c2c(=O)[nH]1. The van der Waals surface area contributed by atoms with Crippen LogP contribution in [-0.4, -0.2) is 103 Å². The number of fused-ring (bicyclic) bond motifs is 1. The molecule has 0 saturated carbocycles. The predicted octanol–water partition coefficient (Wildman–Crippen LogP) is 4.38. The minimum Gasteiger partial charge on any atom is -0.493 e. The quantitative estimate of drug-likeness (QED) is 0.0752. The summed E-state index contributed by atoms with van der Waals surface area (Å²) in [6.07, 6.45) is 6.18. The zero-order chi connectivity index (χ0) is 36.1. The number of carbonyl (C=O) groups is 1. The lowest BCUT2D eigenvalue weighted by atomic mass is 10.1. The van der Waals surface area contributed by atoms with E-state index in [0.717, 1.165) is 37.7 Å². The summed E-state index contributed by atoms with van der Waals surface area (Å²) >= 11 is 0. The molecular weight excluding hydrogens is 672 g/mol. The van der Waals surface area contributed by atoms with Gasteiger partial charge in [-0.3, -0.25) is 9.69 Å². The van der Waals surface area contributed by atoms with E-state index >= 15 is 0 Å². The van der Waals surface area contributed by atoms with Crippen LogP contribution in [0.5, 0.6) is 5.75 Å². The van der Waals surface area contributed by atoms with Gasteiger partial charge in [0, 0.05) is 45.5 Å². The molecule has 3 aromatic rings. The van der Waals surface area contributed by atoms with Crippen molar-refractivity contribution in [2.24, 2.45) is 0 Å². The van der Waals surface area contributed by atoms with Gasteiger partial charge in [0.15, 0.2) is 0 Å². The average Bonchev–Trinajstić information content (AvgIpc) is 3.46. The van der Waals surface area contributed by atoms with Crippen LogP contribution in [0.15, 0.2) is 34.1 Å². The lowest BCUT2D eigenvalue weighted by molar-refractivity contribution is -0.757. The molecule has 16 nitrogen and oxygen atoms in total. The third-order valence-corrected chi connectivity index (χ3v) is 10.3. The van der Waals surface area contributed by atoms with Crippen LogP contribution in [0.25, 0.3) is 22.4 Å². The van der Waals surface area contributed by atoms with Crippen molar-refractivity contribution in [1.82, 2.24) is 23.7 Å². The minimum absolute atomic E-state index is 0.0471. The maximum Gasteiger partial charge on any atom is 0.508 e. The van der Waals surface area contributed by atoms with Gasteiger partial charge in [0.2, 0.25) is 10.0 Å². The number of unbranched alkanes of at least 4 members (excludes halogenated alkanes) is 3. The number of aromatic nitrogens is 3. The van der Waals surface area contributed by atoms with Crippen molar-refractivity contribution in [2.45, 2.75) is 77.2 Å². The molecule has 0 radical (unpaired) electrons. The van der Waals surface area contributed by atoms with Crippen molar-refractivity contribution in [1.29, 1.82) is 0 Å². The molecule has 17 heteroatoms. The van der Waals surface area contributed by atoms with Gasteiger partial charge in [-0.2, -0.15) is 4.31 Å². The summed E-state index contributed by atoms with van der Waals surface area (Å²) in [5.74, 6) is 0.685. The van der Waals surface area contributed by atoms with Crippen molar-refractivity contribution >= 4 is 27.2 Å². The van der Waals surface area contributed by atoms with Gasteiger partial charge in [-0.15, -0.1) is 10.1 Å². The number of rotatable bonds is 20. The summed E-state index contributed by atoms with van der Waals surface area (Å²) in [5.41, 5.74) is 2.16. The van der Waals surface area contributed by atoms with E-state index in [0.29, 0.717) is 68.0 Å². The first-order valence-corrected chi connectivity index (χ1v) is 18.7. The summed E-state index contributed by atoms with van der Waals surface area (Å²) in [6, 6.07) is 4.66. The lowest BCUT2D eigenvalue weighted by Crippen LogP contribution is -2.49. The second-order valence-electron chi connectivity index (χ2n) is 12.0. The number of hydrogen-bond acceptors (Lipinski definition) is 12. The number of nitrogens with one attached hydrogen (secondary N) is 1. The first-order valence-electron chi connectivity index (χ1n) is 17.3. The Morgan fingerprint density at radius 3 is 2.38 bits per heavy atom. The van der Waals surface area contributed by atoms with E-state index in [4.69, 9.17) is 19.2 Å². The number of aromatic amines is 1. The second kappa shape index (κ2) is 18.7. The molecule has 1 fully saturated rings. The molecule has 1 N–H and O–H groups in total. The van der Waals surface area contributed by atoms with Crippen LogP contribution in [0.4, 0.5) is 4.79 Å². The van der Waals surface area contributed by atoms with Crippen molar-refractivity contribution in [3.63, 3.8) is 0 Å². The molecule has 2 aromatic heterocycles. The average molecular weight is 721 g/mol. The molecule has 1 saturated heterocycles. The molecule has 0 spiro atoms. The highest BCUT2D eigenvalue weighted by atomic mass is 32.2. The Bertz CT molecular complexity index is 1750. The number of aryl methyl sites for hydroxylation is 2. The standard InChI is InChI=1S/C33H48N6O10S/c1-4-11-25-24-37(6-3)30-29(25)34-31(35-32(30)40)27-23-26(12-13-28(27)46-19-5-2)50(44,45)38-16-14-36(15-17-38)18-22-48-33(41)47-20-9-7-8-10-21-49-39(42)43/h12-13,23-24H,4-11,14-22H2,1-3H3,(H,34,35,40). The van der Waals surface area contributed by atoms with Crippen LogP contribution in [0.2, 0.25) is 0 Å². The number of benzene rings is 1. The molecule has 276 valence electrons. The smallest absolute Gasteiger partial charge is 0.493 e. The van der Waals surface area contributed by atoms with Gasteiger partial charge in [0.05, 0.1) is 35.8 Å². The molecule has 4 rings (SSSR count). The zero-order valence-electron chi connectivity index (χ0n) is 29.1. The van der Waals surface area contributed by atoms with Crippen LogP contribution in [-0.2, 0) is 37.3 Å². The second-order valence-corrected chi connectivity index (χ2v) is 13.9. The summed E-state index contributed by atoms with van der Waals surface area (Å²) in [4.78, 5) is 49.4.